The monoisotopic (exact) mass is 457 g/mol. The van der Waals surface area contributed by atoms with Gasteiger partial charge in [0, 0.05) is 17.6 Å². The largest absolute Gasteiger partial charge is 0.495 e. The number of aromatic nitrogens is 2. The number of nitrogens with zero attached hydrogens (tertiary/aromatic N) is 4. The summed E-state index contributed by atoms with van der Waals surface area (Å²) in [5, 5.41) is 18.1. The lowest BCUT2D eigenvalue weighted by atomic mass is 10.1. The minimum absolute atomic E-state index is 0.167. The molecule has 0 unspecified atom stereocenters. The molecule has 0 aliphatic carbocycles. The zero-order valence-electron chi connectivity index (χ0n) is 18.3. The van der Waals surface area contributed by atoms with Gasteiger partial charge in [-0.1, -0.05) is 11.6 Å². The van der Waals surface area contributed by atoms with E-state index in [2.05, 4.69) is 37.7 Å². The van der Waals surface area contributed by atoms with Gasteiger partial charge in [0.05, 0.1) is 25.2 Å². The lowest BCUT2D eigenvalue weighted by molar-refractivity contribution is 0.262. The summed E-state index contributed by atoms with van der Waals surface area (Å²) in [5.74, 6) is 0.730. The van der Waals surface area contributed by atoms with Crippen LogP contribution in [0.5, 0.6) is 5.75 Å². The van der Waals surface area contributed by atoms with E-state index in [4.69, 9.17) is 21.6 Å². The predicted octanol–water partition coefficient (Wildman–Crippen LogP) is 3.27. The second kappa shape index (κ2) is 11.6. The van der Waals surface area contributed by atoms with Gasteiger partial charge in [0.2, 0.25) is 0 Å². The summed E-state index contributed by atoms with van der Waals surface area (Å²) >= 11 is 6.47. The van der Waals surface area contributed by atoms with Crippen molar-refractivity contribution in [3.63, 3.8) is 0 Å². The molecule has 10 heteroatoms. The molecule has 2 aromatic rings. The number of carbonyl (C=O) groups excluding carboxylic acids is 1. The van der Waals surface area contributed by atoms with Gasteiger partial charge in [0.25, 0.3) is 0 Å². The maximum Gasteiger partial charge on any atom is 0.325 e. The maximum atomic E-state index is 12.3. The summed E-state index contributed by atoms with van der Waals surface area (Å²) < 4.78 is 5.45. The fourth-order valence-corrected chi connectivity index (χ4v) is 3.90. The standard InChI is InChI=1S/C22H28ClN7O2/c1-15(14-30-7-3-4-8-30)25-6-5-16-9-20(32-2)19(10-18(16)23)28-22(31)29-21-13-26-17(11-24)12-27-21/h9-10,12-13,15,25H,3-8,14H2,1-2H3,(H2,27,28,29,31)/t15-/m1/s1. The van der Waals surface area contributed by atoms with Gasteiger partial charge in [-0.25, -0.2) is 14.8 Å². The maximum absolute atomic E-state index is 12.3. The van der Waals surface area contributed by atoms with Gasteiger partial charge in [0.1, 0.15) is 11.8 Å². The van der Waals surface area contributed by atoms with Crippen LogP contribution in [0.3, 0.4) is 0 Å². The Balaban J connectivity index is 1.55. The molecule has 32 heavy (non-hydrogen) atoms. The van der Waals surface area contributed by atoms with Crippen molar-refractivity contribution in [1.82, 2.24) is 20.2 Å². The molecule has 1 aromatic heterocycles. The fourth-order valence-electron chi connectivity index (χ4n) is 3.64. The number of ether oxygens (including phenoxy) is 1. The van der Waals surface area contributed by atoms with E-state index in [-0.39, 0.29) is 11.5 Å². The molecule has 1 aliphatic rings. The highest BCUT2D eigenvalue weighted by Gasteiger charge is 2.15. The molecule has 170 valence electrons. The van der Waals surface area contributed by atoms with Crippen LogP contribution >= 0.6 is 11.6 Å². The van der Waals surface area contributed by atoms with Gasteiger partial charge >= 0.3 is 6.03 Å². The van der Waals surface area contributed by atoms with Gasteiger partial charge in [0.15, 0.2) is 11.5 Å². The second-order valence-corrected chi connectivity index (χ2v) is 8.14. The number of hydrogen-bond donors (Lipinski definition) is 3. The Hall–Kier alpha value is -2.93. The van der Waals surface area contributed by atoms with Crippen LogP contribution in [-0.4, -0.2) is 60.2 Å². The van der Waals surface area contributed by atoms with Crippen molar-refractivity contribution in [1.29, 1.82) is 5.26 Å². The summed E-state index contributed by atoms with van der Waals surface area (Å²) in [4.78, 5) is 22.6. The zero-order chi connectivity index (χ0) is 22.9. The first kappa shape index (κ1) is 23.7. The molecular weight excluding hydrogens is 430 g/mol. The number of anilines is 2. The van der Waals surface area contributed by atoms with Gasteiger partial charge in [-0.05, 0) is 63.5 Å². The smallest absolute Gasteiger partial charge is 0.325 e. The van der Waals surface area contributed by atoms with Crippen molar-refractivity contribution in [2.75, 3.05) is 43.9 Å². The van der Waals surface area contributed by atoms with Gasteiger partial charge in [-0.15, -0.1) is 0 Å². The number of methoxy groups -OCH3 is 1. The molecule has 1 atom stereocenters. The van der Waals surface area contributed by atoms with Crippen LogP contribution in [0.25, 0.3) is 0 Å². The SMILES string of the molecule is COc1cc(CCN[C@H](C)CN2CCCC2)c(Cl)cc1NC(=O)Nc1cnc(C#N)cn1. The highest BCUT2D eigenvalue weighted by Crippen LogP contribution is 2.31. The fraction of sp³-hybridized carbons (Fsp3) is 0.455. The molecule has 0 radical (unpaired) electrons. The highest BCUT2D eigenvalue weighted by molar-refractivity contribution is 6.31. The number of halogens is 1. The molecule has 1 aromatic carbocycles. The molecule has 0 bridgehead atoms. The number of carbonyl (C=O) groups is 1. The third-order valence-electron chi connectivity index (χ3n) is 5.24. The summed E-state index contributed by atoms with van der Waals surface area (Å²) in [6.07, 6.45) is 5.92. The second-order valence-electron chi connectivity index (χ2n) is 7.73. The van der Waals surface area contributed by atoms with Crippen LogP contribution in [0, 0.1) is 11.3 Å². The molecule has 0 spiro atoms. The van der Waals surface area contributed by atoms with Crippen molar-refractivity contribution in [2.45, 2.75) is 32.2 Å². The Labute approximate surface area is 193 Å². The van der Waals surface area contributed by atoms with E-state index in [0.29, 0.717) is 22.5 Å². The van der Waals surface area contributed by atoms with E-state index in [1.807, 2.05) is 12.1 Å². The van der Waals surface area contributed by atoms with Crippen molar-refractivity contribution in [3.8, 4) is 11.8 Å². The number of hydrogen-bond acceptors (Lipinski definition) is 7. The lowest BCUT2D eigenvalue weighted by Gasteiger charge is -2.21. The first-order chi connectivity index (χ1) is 15.5. The Bertz CT molecular complexity index is 956. The van der Waals surface area contributed by atoms with Crippen LogP contribution in [0.2, 0.25) is 5.02 Å². The van der Waals surface area contributed by atoms with Gasteiger partial charge in [-0.3, -0.25) is 5.32 Å². The molecule has 1 fully saturated rings. The van der Waals surface area contributed by atoms with Crippen LogP contribution in [0.15, 0.2) is 24.5 Å². The van der Waals surface area contributed by atoms with Crippen LogP contribution < -0.4 is 20.7 Å². The van der Waals surface area contributed by atoms with E-state index in [1.54, 1.807) is 13.2 Å². The molecule has 1 saturated heterocycles. The van der Waals surface area contributed by atoms with E-state index in [1.165, 1.54) is 38.3 Å². The van der Waals surface area contributed by atoms with Crippen LogP contribution in [0.1, 0.15) is 31.0 Å². The number of nitrogens with one attached hydrogen (secondary N) is 3. The Morgan fingerprint density at radius 2 is 2.06 bits per heavy atom. The third-order valence-corrected chi connectivity index (χ3v) is 5.59. The van der Waals surface area contributed by atoms with Crippen molar-refractivity contribution < 1.29 is 9.53 Å². The van der Waals surface area contributed by atoms with Crippen LogP contribution in [0.4, 0.5) is 16.3 Å². The minimum Gasteiger partial charge on any atom is -0.495 e. The Kier molecular flexibility index (Phi) is 8.62. The average Bonchev–Trinajstić information content (AvgIpc) is 3.28. The molecule has 0 saturated carbocycles. The number of nitriles is 1. The Morgan fingerprint density at radius 3 is 2.72 bits per heavy atom. The first-order valence-electron chi connectivity index (χ1n) is 10.6. The summed E-state index contributed by atoms with van der Waals surface area (Å²) in [7, 11) is 1.54. The number of urea groups is 1. The van der Waals surface area contributed by atoms with Crippen molar-refractivity contribution in [3.05, 3.63) is 40.8 Å². The number of amides is 2. The predicted molar refractivity (Wildman–Crippen MR) is 124 cm³/mol. The number of rotatable bonds is 9. The highest BCUT2D eigenvalue weighted by atomic mass is 35.5. The quantitative estimate of drug-likeness (QED) is 0.529. The van der Waals surface area contributed by atoms with Crippen LogP contribution in [-0.2, 0) is 6.42 Å². The lowest BCUT2D eigenvalue weighted by Crippen LogP contribution is -2.38. The summed E-state index contributed by atoms with van der Waals surface area (Å²) in [6, 6.07) is 5.27. The molecule has 2 amide bonds. The first-order valence-corrected chi connectivity index (χ1v) is 11.0. The number of benzene rings is 1. The van der Waals surface area contributed by atoms with Crippen molar-refractivity contribution in [2.24, 2.45) is 0 Å². The van der Waals surface area contributed by atoms with Crippen molar-refractivity contribution >= 4 is 29.1 Å². The molecule has 9 nitrogen and oxygen atoms in total. The van der Waals surface area contributed by atoms with E-state index in [0.717, 1.165) is 25.1 Å². The van der Waals surface area contributed by atoms with E-state index >= 15 is 0 Å². The molecule has 1 aliphatic heterocycles. The summed E-state index contributed by atoms with van der Waals surface area (Å²) in [6.45, 7) is 6.43. The molecule has 3 rings (SSSR count). The van der Waals surface area contributed by atoms with Gasteiger partial charge in [-0.2, -0.15) is 5.26 Å². The van der Waals surface area contributed by atoms with E-state index < -0.39 is 6.03 Å². The topological polar surface area (TPSA) is 115 Å². The molecule has 2 heterocycles. The van der Waals surface area contributed by atoms with E-state index in [9.17, 15) is 4.79 Å². The van der Waals surface area contributed by atoms with Gasteiger partial charge < -0.3 is 20.3 Å². The number of likely N-dealkylation sites (tertiary alicyclic amines) is 1. The normalized spacial score (nSPS) is 14.6. The zero-order valence-corrected chi connectivity index (χ0v) is 19.1. The molecule has 3 N–H and O–H groups in total. The average molecular weight is 458 g/mol. The third kappa shape index (κ3) is 6.79. The Morgan fingerprint density at radius 1 is 1.28 bits per heavy atom. The minimum atomic E-state index is -0.525. The molecular formula is C22H28ClN7O2. The summed E-state index contributed by atoms with van der Waals surface area (Å²) in [5.41, 5.74) is 1.55.